The van der Waals surface area contributed by atoms with E-state index in [2.05, 4.69) is 24.2 Å². The van der Waals surface area contributed by atoms with Gasteiger partial charge in [0.1, 0.15) is 0 Å². The molecule has 1 aliphatic carbocycles. The third-order valence-corrected chi connectivity index (χ3v) is 5.54. The van der Waals surface area contributed by atoms with Gasteiger partial charge in [-0.2, -0.15) is 0 Å². The number of benzene rings is 1. The molecule has 0 spiro atoms. The van der Waals surface area contributed by atoms with E-state index in [-0.39, 0.29) is 0 Å². The molecule has 1 aliphatic rings. The van der Waals surface area contributed by atoms with Crippen LogP contribution in [-0.4, -0.2) is 40.3 Å². The summed E-state index contributed by atoms with van der Waals surface area (Å²) in [5.41, 5.74) is 1.09. The molecule has 0 amide bonds. The highest BCUT2D eigenvalue weighted by molar-refractivity contribution is 7.90. The highest BCUT2D eigenvalue weighted by Crippen LogP contribution is 2.27. The zero-order chi connectivity index (χ0) is 15.5. The second kappa shape index (κ2) is 6.79. The first-order valence-electron chi connectivity index (χ1n) is 7.68. The molecule has 1 fully saturated rings. The second-order valence-corrected chi connectivity index (χ2v) is 7.96. The van der Waals surface area contributed by atoms with Crippen molar-refractivity contribution in [2.75, 3.05) is 24.7 Å². The molecule has 21 heavy (non-hydrogen) atoms. The molecule has 5 heteroatoms. The summed E-state index contributed by atoms with van der Waals surface area (Å²) in [5, 5.41) is 3.52. The second-order valence-electron chi connectivity index (χ2n) is 5.94. The Kier molecular flexibility index (Phi) is 5.27. The quantitative estimate of drug-likeness (QED) is 0.907. The summed E-state index contributed by atoms with van der Waals surface area (Å²) in [7, 11) is -1.01. The van der Waals surface area contributed by atoms with Crippen molar-refractivity contribution >= 4 is 15.5 Å². The number of hydrogen-bond acceptors (Lipinski definition) is 4. The van der Waals surface area contributed by atoms with Crippen LogP contribution in [0.25, 0.3) is 0 Å². The van der Waals surface area contributed by atoms with Crippen molar-refractivity contribution in [3.8, 4) is 0 Å². The predicted octanol–water partition coefficient (Wildman–Crippen LogP) is 2.45. The maximum atomic E-state index is 11.5. The normalized spacial score (nSPS) is 23.0. The molecule has 1 N–H and O–H groups in total. The van der Waals surface area contributed by atoms with Crippen molar-refractivity contribution in [1.82, 2.24) is 5.32 Å². The van der Waals surface area contributed by atoms with Gasteiger partial charge in [0.2, 0.25) is 0 Å². The molecule has 0 radical (unpaired) electrons. The van der Waals surface area contributed by atoms with Crippen LogP contribution in [0.15, 0.2) is 29.2 Å². The summed E-state index contributed by atoms with van der Waals surface area (Å²) < 4.78 is 23.0. The lowest BCUT2D eigenvalue weighted by Crippen LogP contribution is -2.40. The molecule has 1 aromatic rings. The molecule has 2 rings (SSSR count). The first kappa shape index (κ1) is 16.3. The van der Waals surface area contributed by atoms with Gasteiger partial charge in [0.15, 0.2) is 9.84 Å². The molecule has 118 valence electrons. The zero-order valence-electron chi connectivity index (χ0n) is 13.2. The smallest absolute Gasteiger partial charge is 0.175 e. The van der Waals surface area contributed by atoms with E-state index < -0.39 is 9.84 Å². The average Bonchev–Trinajstić information content (AvgIpc) is 2.47. The Bertz CT molecular complexity index is 546. The van der Waals surface area contributed by atoms with Crippen LogP contribution in [0.3, 0.4) is 0 Å². The monoisotopic (exact) mass is 310 g/mol. The molecule has 0 bridgehead atoms. The number of anilines is 1. The first-order chi connectivity index (χ1) is 9.91. The lowest BCUT2D eigenvalue weighted by Gasteiger charge is -2.36. The number of hydrogen-bond donors (Lipinski definition) is 1. The van der Waals surface area contributed by atoms with Gasteiger partial charge in [0.25, 0.3) is 0 Å². The van der Waals surface area contributed by atoms with Gasteiger partial charge in [-0.25, -0.2) is 8.42 Å². The fourth-order valence-electron chi connectivity index (χ4n) is 3.10. The van der Waals surface area contributed by atoms with Crippen molar-refractivity contribution in [2.24, 2.45) is 0 Å². The van der Waals surface area contributed by atoms with Crippen LogP contribution in [0.4, 0.5) is 5.69 Å². The van der Waals surface area contributed by atoms with E-state index in [9.17, 15) is 8.42 Å². The van der Waals surface area contributed by atoms with Gasteiger partial charge in [-0.15, -0.1) is 0 Å². The van der Waals surface area contributed by atoms with E-state index in [0.29, 0.717) is 17.0 Å². The van der Waals surface area contributed by atoms with Crippen molar-refractivity contribution in [3.05, 3.63) is 24.3 Å². The Hall–Kier alpha value is -1.07. The molecule has 4 nitrogen and oxygen atoms in total. The van der Waals surface area contributed by atoms with Gasteiger partial charge in [-0.1, -0.05) is 6.92 Å². The SMILES string of the molecule is CCNC1CCC(N(C)c2ccc(S(C)(=O)=O)cc2)CC1. The highest BCUT2D eigenvalue weighted by Gasteiger charge is 2.23. The third kappa shape index (κ3) is 4.20. The molecule has 1 aromatic carbocycles. The van der Waals surface area contributed by atoms with Crippen LogP contribution in [0, 0.1) is 0 Å². The number of sulfone groups is 1. The van der Waals surface area contributed by atoms with E-state index in [1.165, 1.54) is 31.9 Å². The van der Waals surface area contributed by atoms with Gasteiger partial charge in [-0.3, -0.25) is 0 Å². The van der Waals surface area contributed by atoms with Gasteiger partial charge in [-0.05, 0) is 56.5 Å². The molecule has 0 heterocycles. The zero-order valence-corrected chi connectivity index (χ0v) is 14.0. The lowest BCUT2D eigenvalue weighted by atomic mass is 9.90. The highest BCUT2D eigenvalue weighted by atomic mass is 32.2. The molecular formula is C16H26N2O2S. The Balaban J connectivity index is 1.99. The summed E-state index contributed by atoms with van der Waals surface area (Å²) >= 11 is 0. The summed E-state index contributed by atoms with van der Waals surface area (Å²) in [6, 6.07) is 8.42. The van der Waals surface area contributed by atoms with Gasteiger partial charge >= 0.3 is 0 Å². The Morgan fingerprint density at radius 3 is 2.19 bits per heavy atom. The van der Waals surface area contributed by atoms with Crippen LogP contribution in [0.1, 0.15) is 32.6 Å². The van der Waals surface area contributed by atoms with Crippen LogP contribution in [0.5, 0.6) is 0 Å². The van der Waals surface area contributed by atoms with Crippen LogP contribution in [-0.2, 0) is 9.84 Å². The van der Waals surface area contributed by atoms with E-state index in [1.54, 1.807) is 12.1 Å². The third-order valence-electron chi connectivity index (χ3n) is 4.41. The standard InChI is InChI=1S/C16H26N2O2S/c1-4-17-13-5-7-14(8-6-13)18(2)15-9-11-16(12-10-15)21(3,19)20/h9-14,17H,4-8H2,1-3H3. The van der Waals surface area contributed by atoms with Crippen molar-refractivity contribution in [2.45, 2.75) is 49.6 Å². The molecule has 0 aliphatic heterocycles. The average molecular weight is 310 g/mol. The Morgan fingerprint density at radius 2 is 1.71 bits per heavy atom. The summed E-state index contributed by atoms with van der Waals surface area (Å²) in [6.07, 6.45) is 6.03. The molecule has 0 aromatic heterocycles. The summed E-state index contributed by atoms with van der Waals surface area (Å²) in [6.45, 7) is 3.19. The molecule has 0 atom stereocenters. The van der Waals surface area contributed by atoms with Crippen LogP contribution >= 0.6 is 0 Å². The van der Waals surface area contributed by atoms with Crippen molar-refractivity contribution < 1.29 is 8.42 Å². The lowest BCUT2D eigenvalue weighted by molar-refractivity contribution is 0.341. The van der Waals surface area contributed by atoms with Crippen LogP contribution < -0.4 is 10.2 Å². The predicted molar refractivity (Wildman–Crippen MR) is 87.7 cm³/mol. The van der Waals surface area contributed by atoms with E-state index in [0.717, 1.165) is 12.2 Å². The van der Waals surface area contributed by atoms with Gasteiger partial charge in [0, 0.05) is 31.1 Å². The summed E-state index contributed by atoms with van der Waals surface area (Å²) in [4.78, 5) is 2.67. The fourth-order valence-corrected chi connectivity index (χ4v) is 3.73. The van der Waals surface area contributed by atoms with Gasteiger partial charge < -0.3 is 10.2 Å². The minimum atomic E-state index is -3.11. The van der Waals surface area contributed by atoms with Crippen LogP contribution in [0.2, 0.25) is 0 Å². The van der Waals surface area contributed by atoms with E-state index in [1.807, 2.05) is 12.1 Å². The van der Waals surface area contributed by atoms with E-state index >= 15 is 0 Å². The Morgan fingerprint density at radius 1 is 1.14 bits per heavy atom. The molecular weight excluding hydrogens is 284 g/mol. The van der Waals surface area contributed by atoms with E-state index in [4.69, 9.17) is 0 Å². The number of nitrogens with zero attached hydrogens (tertiary/aromatic N) is 1. The maximum absolute atomic E-state index is 11.5. The maximum Gasteiger partial charge on any atom is 0.175 e. The number of nitrogens with one attached hydrogen (secondary N) is 1. The van der Waals surface area contributed by atoms with Crippen molar-refractivity contribution in [3.63, 3.8) is 0 Å². The molecule has 0 saturated heterocycles. The summed E-state index contributed by atoms with van der Waals surface area (Å²) in [5.74, 6) is 0. The fraction of sp³-hybridized carbons (Fsp3) is 0.625. The Labute approximate surface area is 128 Å². The molecule has 0 unspecified atom stereocenters. The minimum absolute atomic E-state index is 0.385. The minimum Gasteiger partial charge on any atom is -0.372 e. The van der Waals surface area contributed by atoms with Gasteiger partial charge in [0.05, 0.1) is 4.90 Å². The number of rotatable bonds is 5. The topological polar surface area (TPSA) is 49.4 Å². The first-order valence-corrected chi connectivity index (χ1v) is 9.57. The molecule has 1 saturated carbocycles. The van der Waals surface area contributed by atoms with Crippen molar-refractivity contribution in [1.29, 1.82) is 0 Å². The largest absolute Gasteiger partial charge is 0.372 e.